The molecule has 0 aliphatic carbocycles. The van der Waals surface area contributed by atoms with Crippen molar-refractivity contribution in [2.24, 2.45) is 5.73 Å². The van der Waals surface area contributed by atoms with E-state index in [4.69, 9.17) is 10.2 Å². The fraction of sp³-hybridized carbons (Fsp3) is 0.267. The zero-order valence-electron chi connectivity index (χ0n) is 11.2. The highest BCUT2D eigenvalue weighted by Gasteiger charge is 2.13. The maximum atomic E-state index is 12.3. The largest absolute Gasteiger partial charge is 0.464 e. The number of nitrogens with two attached hydrogens (primary N) is 1. The highest BCUT2D eigenvalue weighted by atomic mass is 16.3. The molecule has 0 saturated heterocycles. The van der Waals surface area contributed by atoms with E-state index >= 15 is 0 Å². The van der Waals surface area contributed by atoms with E-state index in [-0.39, 0.29) is 5.91 Å². The first-order valence-corrected chi connectivity index (χ1v) is 6.20. The monoisotopic (exact) mass is 258 g/mol. The topological polar surface area (TPSA) is 59.5 Å². The summed E-state index contributed by atoms with van der Waals surface area (Å²) in [5.41, 5.74) is 7.18. The molecule has 0 spiro atoms. The Balaban J connectivity index is 2.09. The summed E-state index contributed by atoms with van der Waals surface area (Å²) in [5, 5.41) is 0. The van der Waals surface area contributed by atoms with Crippen molar-refractivity contribution in [3.63, 3.8) is 0 Å². The molecule has 1 heterocycles. The lowest BCUT2D eigenvalue weighted by molar-refractivity contribution is 0.0775. The lowest BCUT2D eigenvalue weighted by Crippen LogP contribution is -2.26. The van der Waals surface area contributed by atoms with Crippen LogP contribution >= 0.6 is 0 Å². The molecule has 0 fully saturated rings. The van der Waals surface area contributed by atoms with Gasteiger partial charge < -0.3 is 15.1 Å². The first-order chi connectivity index (χ1) is 9.10. The molecule has 2 N–H and O–H groups in total. The van der Waals surface area contributed by atoms with E-state index in [9.17, 15) is 4.79 Å². The summed E-state index contributed by atoms with van der Waals surface area (Å²) in [4.78, 5) is 13.9. The standard InChI is InChI=1S/C15H18N2O2/c1-11-6-7-14(19-11)10-17(2)15(18)13-5-3-4-12(8-13)9-16/h3-8H,9-10,16H2,1-2H3. The van der Waals surface area contributed by atoms with Crippen molar-refractivity contribution < 1.29 is 9.21 Å². The van der Waals surface area contributed by atoms with Gasteiger partial charge in [0.25, 0.3) is 5.91 Å². The van der Waals surface area contributed by atoms with Gasteiger partial charge >= 0.3 is 0 Å². The van der Waals surface area contributed by atoms with Crippen molar-refractivity contribution in [2.75, 3.05) is 7.05 Å². The number of furan rings is 1. The van der Waals surface area contributed by atoms with Crippen molar-refractivity contribution in [3.8, 4) is 0 Å². The maximum absolute atomic E-state index is 12.3. The van der Waals surface area contributed by atoms with Gasteiger partial charge in [0.05, 0.1) is 6.54 Å². The molecule has 2 aromatic rings. The van der Waals surface area contributed by atoms with Gasteiger partial charge in [-0.15, -0.1) is 0 Å². The van der Waals surface area contributed by atoms with Crippen LogP contribution in [0.15, 0.2) is 40.8 Å². The molecule has 1 aromatic carbocycles. The molecule has 2 rings (SSSR count). The average Bonchev–Trinajstić information content (AvgIpc) is 2.83. The van der Waals surface area contributed by atoms with Crippen molar-refractivity contribution in [2.45, 2.75) is 20.0 Å². The second-order valence-corrected chi connectivity index (χ2v) is 4.58. The van der Waals surface area contributed by atoms with E-state index in [2.05, 4.69) is 0 Å². The Labute approximate surface area is 112 Å². The predicted molar refractivity (Wildman–Crippen MR) is 73.6 cm³/mol. The molecule has 0 bridgehead atoms. The fourth-order valence-corrected chi connectivity index (χ4v) is 1.93. The summed E-state index contributed by atoms with van der Waals surface area (Å²) in [7, 11) is 1.76. The Morgan fingerprint density at radius 2 is 2.11 bits per heavy atom. The molecule has 1 aromatic heterocycles. The first kappa shape index (κ1) is 13.4. The fourth-order valence-electron chi connectivity index (χ4n) is 1.93. The van der Waals surface area contributed by atoms with Crippen LogP contribution < -0.4 is 5.73 Å². The van der Waals surface area contributed by atoms with Crippen LogP contribution in [0.1, 0.15) is 27.4 Å². The minimum absolute atomic E-state index is 0.0376. The van der Waals surface area contributed by atoms with Crippen LogP contribution in [-0.2, 0) is 13.1 Å². The number of rotatable bonds is 4. The molecule has 19 heavy (non-hydrogen) atoms. The number of hydrogen-bond donors (Lipinski definition) is 1. The van der Waals surface area contributed by atoms with Gasteiger partial charge in [0.15, 0.2) is 0 Å². The molecule has 0 saturated carbocycles. The van der Waals surface area contributed by atoms with Crippen LogP contribution in [0.4, 0.5) is 0 Å². The quantitative estimate of drug-likeness (QED) is 0.915. The second kappa shape index (κ2) is 5.71. The highest BCUT2D eigenvalue weighted by molar-refractivity contribution is 5.94. The maximum Gasteiger partial charge on any atom is 0.254 e. The zero-order valence-corrected chi connectivity index (χ0v) is 11.2. The van der Waals surface area contributed by atoms with Crippen LogP contribution in [0.3, 0.4) is 0 Å². The van der Waals surface area contributed by atoms with E-state index in [1.807, 2.05) is 37.3 Å². The third-order valence-electron chi connectivity index (χ3n) is 2.95. The summed E-state index contributed by atoms with van der Waals surface area (Å²) < 4.78 is 5.47. The molecule has 0 aliphatic heterocycles. The summed E-state index contributed by atoms with van der Waals surface area (Å²) in [6, 6.07) is 11.2. The SMILES string of the molecule is Cc1ccc(CN(C)C(=O)c2cccc(CN)c2)o1. The second-order valence-electron chi connectivity index (χ2n) is 4.58. The Morgan fingerprint density at radius 1 is 1.32 bits per heavy atom. The first-order valence-electron chi connectivity index (χ1n) is 6.20. The molecule has 4 nitrogen and oxygen atoms in total. The molecule has 0 unspecified atom stereocenters. The summed E-state index contributed by atoms with van der Waals surface area (Å²) in [5.74, 6) is 1.59. The summed E-state index contributed by atoms with van der Waals surface area (Å²) in [6.07, 6.45) is 0. The van der Waals surface area contributed by atoms with E-state index in [1.54, 1.807) is 18.0 Å². The number of hydrogen-bond acceptors (Lipinski definition) is 3. The summed E-state index contributed by atoms with van der Waals surface area (Å²) in [6.45, 7) is 2.78. The van der Waals surface area contributed by atoms with Gasteiger partial charge in [-0.2, -0.15) is 0 Å². The molecular weight excluding hydrogens is 240 g/mol. The molecule has 100 valence electrons. The van der Waals surface area contributed by atoms with Crippen molar-refractivity contribution in [1.29, 1.82) is 0 Å². The van der Waals surface area contributed by atoms with Gasteiger partial charge in [-0.1, -0.05) is 12.1 Å². The number of carbonyl (C=O) groups excluding carboxylic acids is 1. The van der Waals surface area contributed by atoms with Crippen LogP contribution in [0.25, 0.3) is 0 Å². The van der Waals surface area contributed by atoms with E-state index in [1.165, 1.54) is 0 Å². The van der Waals surface area contributed by atoms with E-state index in [0.29, 0.717) is 18.7 Å². The third-order valence-corrected chi connectivity index (χ3v) is 2.95. The highest BCUT2D eigenvalue weighted by Crippen LogP contribution is 2.12. The van der Waals surface area contributed by atoms with Gasteiger partial charge in [-0.25, -0.2) is 0 Å². The van der Waals surface area contributed by atoms with Crippen LogP contribution in [-0.4, -0.2) is 17.9 Å². The predicted octanol–water partition coefficient (Wildman–Crippen LogP) is 2.32. The van der Waals surface area contributed by atoms with Crippen LogP contribution in [0.5, 0.6) is 0 Å². The number of benzene rings is 1. The minimum atomic E-state index is -0.0376. The van der Waals surface area contributed by atoms with Crippen LogP contribution in [0, 0.1) is 6.92 Å². The van der Waals surface area contributed by atoms with E-state index in [0.717, 1.165) is 17.1 Å². The lowest BCUT2D eigenvalue weighted by Gasteiger charge is -2.16. The summed E-state index contributed by atoms with van der Waals surface area (Å²) >= 11 is 0. The third kappa shape index (κ3) is 3.23. The number of carbonyl (C=O) groups is 1. The Bertz CT molecular complexity index is 575. The lowest BCUT2D eigenvalue weighted by atomic mass is 10.1. The van der Waals surface area contributed by atoms with Crippen molar-refractivity contribution in [1.82, 2.24) is 4.90 Å². The van der Waals surface area contributed by atoms with E-state index < -0.39 is 0 Å². The smallest absolute Gasteiger partial charge is 0.254 e. The Morgan fingerprint density at radius 3 is 2.74 bits per heavy atom. The van der Waals surface area contributed by atoms with Gasteiger partial charge in [-0.3, -0.25) is 4.79 Å². The average molecular weight is 258 g/mol. The number of aryl methyl sites for hydroxylation is 1. The molecule has 1 amide bonds. The number of amides is 1. The zero-order chi connectivity index (χ0) is 13.8. The molecule has 0 aliphatic rings. The van der Waals surface area contributed by atoms with Gasteiger partial charge in [0, 0.05) is 19.2 Å². The molecular formula is C15H18N2O2. The molecule has 0 atom stereocenters. The van der Waals surface area contributed by atoms with Gasteiger partial charge in [0.2, 0.25) is 0 Å². The number of nitrogens with zero attached hydrogens (tertiary/aromatic N) is 1. The Hall–Kier alpha value is -2.07. The van der Waals surface area contributed by atoms with Crippen molar-refractivity contribution >= 4 is 5.91 Å². The molecule has 4 heteroatoms. The van der Waals surface area contributed by atoms with Gasteiger partial charge in [-0.05, 0) is 36.8 Å². The van der Waals surface area contributed by atoms with Crippen molar-refractivity contribution in [3.05, 3.63) is 59.0 Å². The Kier molecular flexibility index (Phi) is 4.02. The van der Waals surface area contributed by atoms with Crippen LogP contribution in [0.2, 0.25) is 0 Å². The van der Waals surface area contributed by atoms with Gasteiger partial charge in [0.1, 0.15) is 11.5 Å². The normalized spacial score (nSPS) is 10.5. The molecule has 0 radical (unpaired) electrons. The minimum Gasteiger partial charge on any atom is -0.464 e.